The Labute approximate surface area is 132 Å². The number of aromatic nitrogens is 2. The van der Waals surface area contributed by atoms with E-state index in [0.29, 0.717) is 23.4 Å². The molecule has 112 valence electrons. The van der Waals surface area contributed by atoms with Crippen molar-refractivity contribution in [2.24, 2.45) is 0 Å². The van der Waals surface area contributed by atoms with E-state index >= 15 is 0 Å². The van der Waals surface area contributed by atoms with Gasteiger partial charge in [-0.3, -0.25) is 9.78 Å². The van der Waals surface area contributed by atoms with E-state index in [1.54, 1.807) is 36.7 Å². The molecule has 1 N–H and O–H groups in total. The van der Waals surface area contributed by atoms with Crippen molar-refractivity contribution in [2.75, 3.05) is 0 Å². The van der Waals surface area contributed by atoms with Crippen LogP contribution in [0.5, 0.6) is 0 Å². The zero-order valence-corrected chi connectivity index (χ0v) is 12.1. The van der Waals surface area contributed by atoms with Crippen molar-refractivity contribution in [3.8, 4) is 17.4 Å². The van der Waals surface area contributed by atoms with Crippen molar-refractivity contribution in [1.82, 2.24) is 15.3 Å². The number of nitrogens with zero attached hydrogens (tertiary/aromatic N) is 3. The van der Waals surface area contributed by atoms with Gasteiger partial charge in [0.05, 0.1) is 11.6 Å². The van der Waals surface area contributed by atoms with E-state index in [9.17, 15) is 4.79 Å². The van der Waals surface area contributed by atoms with Gasteiger partial charge in [0.15, 0.2) is 17.8 Å². The maximum absolute atomic E-state index is 12.3. The summed E-state index contributed by atoms with van der Waals surface area (Å²) < 4.78 is 5.33. The Hall–Kier alpha value is -3.46. The molecular formula is C17H12N4O2. The minimum atomic E-state index is -0.324. The lowest BCUT2D eigenvalue weighted by molar-refractivity contribution is 0.0946. The molecule has 0 saturated carbocycles. The Kier molecular flexibility index (Phi) is 4.11. The van der Waals surface area contributed by atoms with Crippen LogP contribution in [0.2, 0.25) is 0 Å². The second-order valence-corrected chi connectivity index (χ2v) is 4.76. The number of hydrogen-bond donors (Lipinski definition) is 1. The Bertz CT molecular complexity index is 848. The summed E-state index contributed by atoms with van der Waals surface area (Å²) >= 11 is 0. The van der Waals surface area contributed by atoms with E-state index in [-0.39, 0.29) is 11.6 Å². The van der Waals surface area contributed by atoms with Crippen molar-refractivity contribution in [1.29, 1.82) is 5.26 Å². The molecule has 0 radical (unpaired) electrons. The molecule has 0 aliphatic rings. The van der Waals surface area contributed by atoms with Gasteiger partial charge in [-0.25, -0.2) is 4.98 Å². The van der Waals surface area contributed by atoms with E-state index in [1.807, 2.05) is 18.2 Å². The number of benzene rings is 1. The van der Waals surface area contributed by atoms with Crippen molar-refractivity contribution in [2.45, 2.75) is 6.54 Å². The van der Waals surface area contributed by atoms with Gasteiger partial charge in [0.25, 0.3) is 5.91 Å². The quantitative estimate of drug-likeness (QED) is 0.799. The zero-order chi connectivity index (χ0) is 16.1. The van der Waals surface area contributed by atoms with E-state index in [4.69, 9.17) is 9.68 Å². The Balaban J connectivity index is 1.77. The molecule has 0 aliphatic carbocycles. The van der Waals surface area contributed by atoms with Crippen molar-refractivity contribution in [3.05, 3.63) is 72.0 Å². The molecule has 23 heavy (non-hydrogen) atoms. The van der Waals surface area contributed by atoms with E-state index in [1.165, 1.54) is 6.39 Å². The minimum absolute atomic E-state index is 0.212. The third-order valence-electron chi connectivity index (χ3n) is 3.26. The lowest BCUT2D eigenvalue weighted by Gasteiger charge is -2.04. The second kappa shape index (κ2) is 6.54. The van der Waals surface area contributed by atoms with Crippen LogP contribution in [0.25, 0.3) is 11.3 Å². The summed E-state index contributed by atoms with van der Waals surface area (Å²) in [5.41, 5.74) is 2.38. The molecule has 3 aromatic rings. The number of nitrogens with one attached hydrogen (secondary N) is 1. The molecule has 0 unspecified atom stereocenters. The maximum Gasteiger partial charge on any atom is 0.274 e. The van der Waals surface area contributed by atoms with E-state index < -0.39 is 0 Å². The molecule has 6 nitrogen and oxygen atoms in total. The molecule has 2 aromatic heterocycles. The highest BCUT2D eigenvalue weighted by Crippen LogP contribution is 2.23. The highest BCUT2D eigenvalue weighted by molar-refractivity contribution is 5.97. The van der Waals surface area contributed by atoms with Crippen molar-refractivity contribution >= 4 is 5.91 Å². The fraction of sp³-hybridized carbons (Fsp3) is 0.0588. The first kappa shape index (κ1) is 14.5. The first-order chi connectivity index (χ1) is 11.3. The highest BCUT2D eigenvalue weighted by Gasteiger charge is 2.18. The Morgan fingerprint density at radius 3 is 2.61 bits per heavy atom. The monoisotopic (exact) mass is 304 g/mol. The van der Waals surface area contributed by atoms with Crippen LogP contribution in [-0.2, 0) is 6.54 Å². The van der Waals surface area contributed by atoms with E-state index in [2.05, 4.69) is 15.3 Å². The lowest BCUT2D eigenvalue weighted by atomic mass is 10.1. The van der Waals surface area contributed by atoms with Crippen molar-refractivity contribution in [3.63, 3.8) is 0 Å². The van der Waals surface area contributed by atoms with Crippen LogP contribution in [-0.4, -0.2) is 15.9 Å². The molecule has 0 atom stereocenters. The van der Waals surface area contributed by atoms with Gasteiger partial charge in [-0.15, -0.1) is 0 Å². The Morgan fingerprint density at radius 1 is 1.17 bits per heavy atom. The summed E-state index contributed by atoms with van der Waals surface area (Å²) in [5.74, 6) is 0.0524. The van der Waals surface area contributed by atoms with Crippen LogP contribution in [0.1, 0.15) is 21.6 Å². The summed E-state index contributed by atoms with van der Waals surface area (Å²) in [6.45, 7) is 0.376. The number of oxazole rings is 1. The Morgan fingerprint density at radius 2 is 1.91 bits per heavy atom. The normalized spacial score (nSPS) is 10.0. The van der Waals surface area contributed by atoms with Crippen LogP contribution in [0, 0.1) is 11.3 Å². The SMILES string of the molecule is N#Cc1ccc(-c2ocnc2C(=O)NCc2ccncc2)cc1. The fourth-order valence-corrected chi connectivity index (χ4v) is 2.08. The number of nitriles is 1. The predicted octanol–water partition coefficient (Wildman–Crippen LogP) is 2.54. The van der Waals surface area contributed by atoms with Crippen LogP contribution >= 0.6 is 0 Å². The van der Waals surface area contributed by atoms with Crippen LogP contribution < -0.4 is 5.32 Å². The first-order valence-electron chi connectivity index (χ1n) is 6.89. The van der Waals surface area contributed by atoms with Gasteiger partial charge in [0.1, 0.15) is 0 Å². The van der Waals surface area contributed by atoms with Gasteiger partial charge in [-0.05, 0) is 42.0 Å². The lowest BCUT2D eigenvalue weighted by Crippen LogP contribution is -2.23. The van der Waals surface area contributed by atoms with Gasteiger partial charge in [0.2, 0.25) is 0 Å². The number of amides is 1. The summed E-state index contributed by atoms with van der Waals surface area (Å²) in [5, 5.41) is 11.6. The fourth-order valence-electron chi connectivity index (χ4n) is 2.08. The molecule has 0 aliphatic heterocycles. The molecule has 0 saturated heterocycles. The summed E-state index contributed by atoms with van der Waals surface area (Å²) in [4.78, 5) is 20.2. The number of rotatable bonds is 4. The van der Waals surface area contributed by atoms with E-state index in [0.717, 1.165) is 5.56 Å². The average Bonchev–Trinajstić information content (AvgIpc) is 3.10. The van der Waals surface area contributed by atoms with Gasteiger partial charge in [0, 0.05) is 24.5 Å². The molecular weight excluding hydrogens is 292 g/mol. The van der Waals surface area contributed by atoms with Gasteiger partial charge < -0.3 is 9.73 Å². The molecule has 0 bridgehead atoms. The average molecular weight is 304 g/mol. The number of pyridine rings is 1. The first-order valence-corrected chi connectivity index (χ1v) is 6.89. The summed E-state index contributed by atoms with van der Waals surface area (Å²) in [6, 6.07) is 12.5. The third kappa shape index (κ3) is 3.24. The number of hydrogen-bond acceptors (Lipinski definition) is 5. The smallest absolute Gasteiger partial charge is 0.274 e. The van der Waals surface area contributed by atoms with Gasteiger partial charge in [-0.2, -0.15) is 5.26 Å². The minimum Gasteiger partial charge on any atom is -0.443 e. The van der Waals surface area contributed by atoms with Crippen LogP contribution in [0.3, 0.4) is 0 Å². The second-order valence-electron chi connectivity index (χ2n) is 4.76. The van der Waals surface area contributed by atoms with Crippen molar-refractivity contribution < 1.29 is 9.21 Å². The largest absolute Gasteiger partial charge is 0.443 e. The predicted molar refractivity (Wildman–Crippen MR) is 82.1 cm³/mol. The number of carbonyl (C=O) groups is 1. The molecule has 2 heterocycles. The summed E-state index contributed by atoms with van der Waals surface area (Å²) in [7, 11) is 0. The van der Waals surface area contributed by atoms with Gasteiger partial charge >= 0.3 is 0 Å². The standard InChI is InChI=1S/C17H12N4O2/c18-9-12-1-3-14(4-2-12)16-15(21-11-23-16)17(22)20-10-13-5-7-19-8-6-13/h1-8,11H,10H2,(H,20,22). The maximum atomic E-state index is 12.3. The molecule has 3 rings (SSSR count). The molecule has 1 amide bonds. The molecule has 1 aromatic carbocycles. The van der Waals surface area contributed by atoms with Crippen LogP contribution in [0.15, 0.2) is 59.6 Å². The third-order valence-corrected chi connectivity index (χ3v) is 3.26. The summed E-state index contributed by atoms with van der Waals surface area (Å²) in [6.07, 6.45) is 4.56. The van der Waals surface area contributed by atoms with Gasteiger partial charge in [-0.1, -0.05) is 0 Å². The molecule has 0 fully saturated rings. The molecule has 6 heteroatoms. The van der Waals surface area contributed by atoms with Crippen LogP contribution in [0.4, 0.5) is 0 Å². The number of carbonyl (C=O) groups excluding carboxylic acids is 1. The zero-order valence-electron chi connectivity index (χ0n) is 12.1. The highest BCUT2D eigenvalue weighted by atomic mass is 16.3. The topological polar surface area (TPSA) is 91.8 Å². The molecule has 0 spiro atoms.